The average Bonchev–Trinajstić information content (AvgIpc) is 3.20. The second-order valence-corrected chi connectivity index (χ2v) is 5.83. The van der Waals surface area contributed by atoms with Gasteiger partial charge in [-0.2, -0.15) is 5.10 Å². The number of aromatic nitrogens is 2. The summed E-state index contributed by atoms with van der Waals surface area (Å²) in [6, 6.07) is 6.94. The van der Waals surface area contributed by atoms with E-state index in [0.717, 1.165) is 18.1 Å². The molecule has 0 aliphatic heterocycles. The number of aryl methyl sites for hydroxylation is 1. The third kappa shape index (κ3) is 2.74. The number of benzene rings is 1. The zero-order valence-electron chi connectivity index (χ0n) is 12.0. The Balaban J connectivity index is 1.88. The smallest absolute Gasteiger partial charge is 0.0571 e. The maximum Gasteiger partial charge on any atom is 0.0571 e. The van der Waals surface area contributed by atoms with Crippen LogP contribution in [0.5, 0.6) is 0 Å². The lowest BCUT2D eigenvalue weighted by molar-refractivity contribution is 0.640. The van der Waals surface area contributed by atoms with Crippen LogP contribution in [0, 0.1) is 6.92 Å². The van der Waals surface area contributed by atoms with Gasteiger partial charge in [0.1, 0.15) is 0 Å². The van der Waals surface area contributed by atoms with E-state index in [0.29, 0.717) is 6.04 Å². The van der Waals surface area contributed by atoms with Crippen LogP contribution in [0.2, 0.25) is 5.02 Å². The summed E-state index contributed by atoms with van der Waals surface area (Å²) >= 11 is 6.30. The molecule has 0 saturated heterocycles. The van der Waals surface area contributed by atoms with Crippen LogP contribution in [0.3, 0.4) is 0 Å². The van der Waals surface area contributed by atoms with Crippen molar-refractivity contribution in [1.82, 2.24) is 15.1 Å². The lowest BCUT2D eigenvalue weighted by Gasteiger charge is -2.09. The number of halogens is 1. The lowest BCUT2D eigenvalue weighted by Crippen LogP contribution is -2.15. The Morgan fingerprint density at radius 1 is 1.40 bits per heavy atom. The van der Waals surface area contributed by atoms with Crippen LogP contribution < -0.4 is 5.32 Å². The highest BCUT2D eigenvalue weighted by atomic mass is 35.5. The minimum absolute atomic E-state index is 0.694. The number of rotatable bonds is 5. The summed E-state index contributed by atoms with van der Waals surface area (Å²) in [5.41, 5.74) is 4.76. The number of hydrogen-bond acceptors (Lipinski definition) is 2. The monoisotopic (exact) mass is 289 g/mol. The van der Waals surface area contributed by atoms with E-state index < -0.39 is 0 Å². The molecule has 1 saturated carbocycles. The summed E-state index contributed by atoms with van der Waals surface area (Å²) in [4.78, 5) is 0. The van der Waals surface area contributed by atoms with Gasteiger partial charge in [0.25, 0.3) is 0 Å². The van der Waals surface area contributed by atoms with Crippen molar-refractivity contribution in [2.45, 2.75) is 45.8 Å². The van der Waals surface area contributed by atoms with E-state index in [1.54, 1.807) is 0 Å². The van der Waals surface area contributed by atoms with Crippen molar-refractivity contribution in [3.05, 3.63) is 40.7 Å². The minimum atomic E-state index is 0.694. The number of nitrogens with one attached hydrogen (secondary N) is 1. The van der Waals surface area contributed by atoms with Crippen LogP contribution in [-0.2, 0) is 13.1 Å². The van der Waals surface area contributed by atoms with E-state index in [1.165, 1.54) is 35.2 Å². The number of hydrogen-bond donors (Lipinski definition) is 1. The molecule has 1 fully saturated rings. The van der Waals surface area contributed by atoms with Crippen LogP contribution in [0.15, 0.2) is 24.4 Å². The quantitative estimate of drug-likeness (QED) is 0.908. The Morgan fingerprint density at radius 3 is 2.85 bits per heavy atom. The van der Waals surface area contributed by atoms with Gasteiger partial charge in [0.15, 0.2) is 0 Å². The van der Waals surface area contributed by atoms with Gasteiger partial charge in [0, 0.05) is 35.4 Å². The van der Waals surface area contributed by atoms with Gasteiger partial charge in [-0.3, -0.25) is 4.68 Å². The van der Waals surface area contributed by atoms with Crippen molar-refractivity contribution in [2.75, 3.05) is 0 Å². The Morgan fingerprint density at radius 2 is 2.20 bits per heavy atom. The molecule has 0 spiro atoms. The molecule has 1 aromatic heterocycles. The highest BCUT2D eigenvalue weighted by Crippen LogP contribution is 2.28. The summed E-state index contributed by atoms with van der Waals surface area (Å²) in [5, 5.41) is 8.77. The zero-order chi connectivity index (χ0) is 14.1. The molecule has 1 aliphatic rings. The van der Waals surface area contributed by atoms with E-state index >= 15 is 0 Å². The molecule has 1 aromatic carbocycles. The standard InChI is InChI=1S/C16H20ClN3/c1-3-20-11(2)15(10-19-20)12-4-7-16(17)13(8-12)9-18-14-5-6-14/h4,7-8,10,14,18H,3,5-6,9H2,1-2H3. The predicted octanol–water partition coefficient (Wildman–Crippen LogP) is 3.78. The van der Waals surface area contributed by atoms with Crippen molar-refractivity contribution in [1.29, 1.82) is 0 Å². The molecule has 3 rings (SSSR count). The van der Waals surface area contributed by atoms with E-state index in [9.17, 15) is 0 Å². The number of nitrogens with zero attached hydrogens (tertiary/aromatic N) is 2. The fraction of sp³-hybridized carbons (Fsp3) is 0.438. The first-order valence-electron chi connectivity index (χ1n) is 7.23. The predicted molar refractivity (Wildman–Crippen MR) is 82.9 cm³/mol. The van der Waals surface area contributed by atoms with Crippen LogP contribution in [0.4, 0.5) is 0 Å². The molecule has 106 valence electrons. The zero-order valence-corrected chi connectivity index (χ0v) is 12.7. The van der Waals surface area contributed by atoms with E-state index in [1.807, 2.05) is 16.9 Å². The summed E-state index contributed by atoms with van der Waals surface area (Å²) in [7, 11) is 0. The molecular formula is C16H20ClN3. The summed E-state index contributed by atoms with van der Waals surface area (Å²) in [6.45, 7) is 5.97. The van der Waals surface area contributed by atoms with Gasteiger partial charge >= 0.3 is 0 Å². The van der Waals surface area contributed by atoms with Crippen molar-refractivity contribution < 1.29 is 0 Å². The normalized spacial score (nSPS) is 14.8. The maximum atomic E-state index is 6.30. The first-order valence-corrected chi connectivity index (χ1v) is 7.61. The molecule has 0 radical (unpaired) electrons. The molecule has 0 amide bonds. The molecule has 1 heterocycles. The lowest BCUT2D eigenvalue weighted by atomic mass is 10.0. The third-order valence-corrected chi connectivity index (χ3v) is 4.29. The fourth-order valence-electron chi connectivity index (χ4n) is 2.47. The molecule has 20 heavy (non-hydrogen) atoms. The Hall–Kier alpha value is -1.32. The van der Waals surface area contributed by atoms with E-state index in [2.05, 4.69) is 36.4 Å². The summed E-state index contributed by atoms with van der Waals surface area (Å²) < 4.78 is 2.02. The highest BCUT2D eigenvalue weighted by Gasteiger charge is 2.20. The van der Waals surface area contributed by atoms with Gasteiger partial charge in [-0.1, -0.05) is 17.7 Å². The van der Waals surface area contributed by atoms with Gasteiger partial charge in [0.05, 0.1) is 6.20 Å². The third-order valence-electron chi connectivity index (χ3n) is 3.92. The first kappa shape index (κ1) is 13.7. The van der Waals surface area contributed by atoms with E-state index in [-0.39, 0.29) is 0 Å². The molecule has 1 N–H and O–H groups in total. The minimum Gasteiger partial charge on any atom is -0.310 e. The van der Waals surface area contributed by atoms with Crippen molar-refractivity contribution in [3.63, 3.8) is 0 Å². The van der Waals surface area contributed by atoms with Crippen LogP contribution in [0.25, 0.3) is 11.1 Å². The molecule has 0 bridgehead atoms. The maximum absolute atomic E-state index is 6.30. The van der Waals surface area contributed by atoms with Gasteiger partial charge in [-0.25, -0.2) is 0 Å². The second-order valence-electron chi connectivity index (χ2n) is 5.42. The van der Waals surface area contributed by atoms with E-state index in [4.69, 9.17) is 11.6 Å². The topological polar surface area (TPSA) is 29.9 Å². The van der Waals surface area contributed by atoms with Crippen molar-refractivity contribution >= 4 is 11.6 Å². The molecule has 2 aromatic rings. The van der Waals surface area contributed by atoms with Crippen LogP contribution in [-0.4, -0.2) is 15.8 Å². The fourth-order valence-corrected chi connectivity index (χ4v) is 2.65. The molecule has 3 nitrogen and oxygen atoms in total. The van der Waals surface area contributed by atoms with Crippen LogP contribution >= 0.6 is 11.6 Å². The van der Waals surface area contributed by atoms with Crippen LogP contribution in [0.1, 0.15) is 31.0 Å². The average molecular weight is 290 g/mol. The van der Waals surface area contributed by atoms with Gasteiger partial charge in [-0.15, -0.1) is 0 Å². The molecule has 1 aliphatic carbocycles. The van der Waals surface area contributed by atoms with Crippen molar-refractivity contribution in [3.8, 4) is 11.1 Å². The Kier molecular flexibility index (Phi) is 3.81. The Labute approximate surface area is 124 Å². The molecular weight excluding hydrogens is 270 g/mol. The van der Waals surface area contributed by atoms with Gasteiger partial charge < -0.3 is 5.32 Å². The van der Waals surface area contributed by atoms with Gasteiger partial charge in [0.2, 0.25) is 0 Å². The SMILES string of the molecule is CCn1ncc(-c2ccc(Cl)c(CNC3CC3)c2)c1C. The molecule has 0 atom stereocenters. The van der Waals surface area contributed by atoms with Gasteiger partial charge in [-0.05, 0) is 49.9 Å². The summed E-state index contributed by atoms with van der Waals surface area (Å²) in [5.74, 6) is 0. The summed E-state index contributed by atoms with van der Waals surface area (Å²) in [6.07, 6.45) is 4.53. The molecule has 0 unspecified atom stereocenters. The molecule has 4 heteroatoms. The first-order chi connectivity index (χ1) is 9.69. The van der Waals surface area contributed by atoms with Crippen molar-refractivity contribution in [2.24, 2.45) is 0 Å². The highest BCUT2D eigenvalue weighted by molar-refractivity contribution is 6.31. The second kappa shape index (κ2) is 5.58. The Bertz CT molecular complexity index is 614. The largest absolute Gasteiger partial charge is 0.310 e.